The molecular formula is C8H16O7. The van der Waals surface area contributed by atoms with Crippen LogP contribution in [0.5, 0.6) is 0 Å². The molecule has 0 unspecified atom stereocenters. The van der Waals surface area contributed by atoms with Gasteiger partial charge in [-0.05, 0) is 0 Å². The van der Waals surface area contributed by atoms with Crippen LogP contribution < -0.4 is 0 Å². The number of methoxy groups -OCH3 is 1. The van der Waals surface area contributed by atoms with E-state index in [1.165, 1.54) is 7.11 Å². The van der Waals surface area contributed by atoms with Crippen LogP contribution >= 0.6 is 0 Å². The fourth-order valence-corrected chi connectivity index (χ4v) is 1.57. The van der Waals surface area contributed by atoms with Crippen molar-refractivity contribution in [3.8, 4) is 0 Å². The number of hydrogen-bond donors (Lipinski definition) is 5. The summed E-state index contributed by atoms with van der Waals surface area (Å²) in [5, 5.41) is 46.4. The standard InChI is InChI=1S/C8H16O7/c1-14-8(3-10)7(13)6(12)5(11)4(2-9)15-8/h4-7,9-13H,2-3H2,1H3/t4-,5-,6+,7+,8-/m1/s1. The largest absolute Gasteiger partial charge is 0.394 e. The van der Waals surface area contributed by atoms with Gasteiger partial charge in [0.2, 0.25) is 5.79 Å². The molecular weight excluding hydrogens is 208 g/mol. The number of ether oxygens (including phenoxy) is 2. The van der Waals surface area contributed by atoms with E-state index in [0.717, 1.165) is 0 Å². The second kappa shape index (κ2) is 4.71. The van der Waals surface area contributed by atoms with Crippen molar-refractivity contribution in [1.82, 2.24) is 0 Å². The van der Waals surface area contributed by atoms with E-state index in [4.69, 9.17) is 19.7 Å². The maximum absolute atomic E-state index is 9.57. The Balaban J connectivity index is 2.91. The Morgan fingerprint density at radius 3 is 2.20 bits per heavy atom. The van der Waals surface area contributed by atoms with Crippen molar-refractivity contribution < 1.29 is 35.0 Å². The van der Waals surface area contributed by atoms with Gasteiger partial charge in [0.1, 0.15) is 31.0 Å². The summed E-state index contributed by atoms with van der Waals surface area (Å²) in [4.78, 5) is 0. The molecule has 0 aromatic carbocycles. The van der Waals surface area contributed by atoms with Gasteiger partial charge in [0, 0.05) is 7.11 Å². The van der Waals surface area contributed by atoms with E-state index in [1.807, 2.05) is 0 Å². The van der Waals surface area contributed by atoms with Crippen molar-refractivity contribution in [1.29, 1.82) is 0 Å². The third kappa shape index (κ3) is 2.00. The fourth-order valence-electron chi connectivity index (χ4n) is 1.57. The molecule has 0 aliphatic carbocycles. The summed E-state index contributed by atoms with van der Waals surface area (Å²) in [5.74, 6) is -1.81. The highest BCUT2D eigenvalue weighted by molar-refractivity contribution is 4.96. The molecule has 0 amide bonds. The first kappa shape index (κ1) is 12.8. The molecule has 0 bridgehead atoms. The number of rotatable bonds is 3. The van der Waals surface area contributed by atoms with Gasteiger partial charge in [-0.1, -0.05) is 0 Å². The molecule has 1 rings (SSSR count). The van der Waals surface area contributed by atoms with Crippen molar-refractivity contribution >= 4 is 0 Å². The summed E-state index contributed by atoms with van der Waals surface area (Å²) in [6.45, 7) is -1.26. The van der Waals surface area contributed by atoms with Crippen LogP contribution in [0.4, 0.5) is 0 Å². The molecule has 5 atom stereocenters. The predicted molar refractivity (Wildman–Crippen MR) is 46.8 cm³/mol. The van der Waals surface area contributed by atoms with E-state index in [9.17, 15) is 15.3 Å². The third-order valence-electron chi connectivity index (χ3n) is 2.60. The van der Waals surface area contributed by atoms with Crippen LogP contribution in [0.3, 0.4) is 0 Å². The Bertz CT molecular complexity index is 203. The van der Waals surface area contributed by atoms with Crippen LogP contribution in [0.1, 0.15) is 0 Å². The van der Waals surface area contributed by atoms with Crippen LogP contribution in [-0.2, 0) is 9.47 Å². The quantitative estimate of drug-likeness (QED) is 0.342. The molecule has 15 heavy (non-hydrogen) atoms. The van der Waals surface area contributed by atoms with Crippen molar-refractivity contribution in [3.05, 3.63) is 0 Å². The minimum absolute atomic E-state index is 0.559. The van der Waals surface area contributed by atoms with Gasteiger partial charge in [-0.15, -0.1) is 0 Å². The average Bonchev–Trinajstić information content (AvgIpc) is 2.27. The zero-order chi connectivity index (χ0) is 11.6. The predicted octanol–water partition coefficient (Wildman–Crippen LogP) is -3.20. The molecule has 1 fully saturated rings. The Morgan fingerprint density at radius 1 is 1.20 bits per heavy atom. The molecule has 0 saturated carbocycles. The molecule has 1 aliphatic rings. The third-order valence-corrected chi connectivity index (χ3v) is 2.60. The van der Waals surface area contributed by atoms with Gasteiger partial charge < -0.3 is 35.0 Å². The normalized spacial score (nSPS) is 46.8. The van der Waals surface area contributed by atoms with Crippen LogP contribution in [0.15, 0.2) is 0 Å². The summed E-state index contributed by atoms with van der Waals surface area (Å²) in [7, 11) is 1.18. The minimum atomic E-state index is -1.81. The Kier molecular flexibility index (Phi) is 4.01. The molecule has 1 saturated heterocycles. The maximum Gasteiger partial charge on any atom is 0.221 e. The summed E-state index contributed by atoms with van der Waals surface area (Å²) >= 11 is 0. The lowest BCUT2D eigenvalue weighted by Gasteiger charge is -2.46. The molecule has 7 heteroatoms. The van der Waals surface area contributed by atoms with Crippen LogP contribution in [0.25, 0.3) is 0 Å². The highest BCUT2D eigenvalue weighted by Gasteiger charge is 2.53. The number of aliphatic hydroxyl groups excluding tert-OH is 5. The molecule has 90 valence electrons. The SMILES string of the molecule is CO[C@]1(CO)O[C@H](CO)[C@@H](O)[C@H](O)[C@@H]1O. The first-order valence-corrected chi connectivity index (χ1v) is 4.51. The zero-order valence-electron chi connectivity index (χ0n) is 8.28. The summed E-state index contributed by atoms with van der Waals surface area (Å²) in [5.41, 5.74) is 0. The lowest BCUT2D eigenvalue weighted by Crippen LogP contribution is -2.67. The van der Waals surface area contributed by atoms with Crippen molar-refractivity contribution in [3.63, 3.8) is 0 Å². The molecule has 0 aromatic heterocycles. The highest BCUT2D eigenvalue weighted by atomic mass is 16.7. The van der Waals surface area contributed by atoms with E-state index in [1.54, 1.807) is 0 Å². The second-order valence-electron chi connectivity index (χ2n) is 3.44. The van der Waals surface area contributed by atoms with E-state index < -0.39 is 43.4 Å². The average molecular weight is 224 g/mol. The van der Waals surface area contributed by atoms with Gasteiger partial charge >= 0.3 is 0 Å². The summed E-state index contributed by atoms with van der Waals surface area (Å²) in [6, 6.07) is 0. The van der Waals surface area contributed by atoms with E-state index >= 15 is 0 Å². The molecule has 1 aliphatic heterocycles. The highest BCUT2D eigenvalue weighted by Crippen LogP contribution is 2.30. The molecule has 0 spiro atoms. The van der Waals surface area contributed by atoms with E-state index in [2.05, 4.69) is 0 Å². The summed E-state index contributed by atoms with van der Waals surface area (Å²) in [6.07, 6.45) is -5.69. The van der Waals surface area contributed by atoms with Crippen molar-refractivity contribution in [2.45, 2.75) is 30.2 Å². The van der Waals surface area contributed by atoms with Gasteiger partial charge in [-0.25, -0.2) is 0 Å². The molecule has 5 N–H and O–H groups in total. The molecule has 0 radical (unpaired) electrons. The van der Waals surface area contributed by atoms with Crippen molar-refractivity contribution in [2.75, 3.05) is 20.3 Å². The molecule has 1 heterocycles. The van der Waals surface area contributed by atoms with Crippen LogP contribution in [-0.4, -0.2) is 76.1 Å². The number of hydrogen-bond acceptors (Lipinski definition) is 7. The van der Waals surface area contributed by atoms with Gasteiger partial charge in [0.15, 0.2) is 0 Å². The first-order valence-electron chi connectivity index (χ1n) is 4.51. The van der Waals surface area contributed by atoms with Crippen LogP contribution in [0.2, 0.25) is 0 Å². The summed E-state index contributed by atoms with van der Waals surface area (Å²) < 4.78 is 9.82. The molecule has 0 aromatic rings. The fraction of sp³-hybridized carbons (Fsp3) is 1.00. The maximum atomic E-state index is 9.57. The first-order chi connectivity index (χ1) is 7.02. The van der Waals surface area contributed by atoms with Gasteiger partial charge in [0.25, 0.3) is 0 Å². The lowest BCUT2D eigenvalue weighted by atomic mass is 9.93. The van der Waals surface area contributed by atoms with Crippen LogP contribution in [0, 0.1) is 0 Å². The topological polar surface area (TPSA) is 120 Å². The van der Waals surface area contributed by atoms with Crippen molar-refractivity contribution in [2.24, 2.45) is 0 Å². The molecule has 7 nitrogen and oxygen atoms in total. The van der Waals surface area contributed by atoms with E-state index in [0.29, 0.717) is 0 Å². The smallest absolute Gasteiger partial charge is 0.221 e. The Hall–Kier alpha value is -0.280. The van der Waals surface area contributed by atoms with E-state index in [-0.39, 0.29) is 0 Å². The Morgan fingerprint density at radius 2 is 1.80 bits per heavy atom. The second-order valence-corrected chi connectivity index (χ2v) is 3.44. The van der Waals surface area contributed by atoms with Gasteiger partial charge in [-0.2, -0.15) is 0 Å². The Labute approximate surface area is 86.5 Å². The number of aliphatic hydroxyl groups is 5. The van der Waals surface area contributed by atoms with Gasteiger partial charge in [-0.3, -0.25) is 0 Å². The van der Waals surface area contributed by atoms with Gasteiger partial charge in [0.05, 0.1) is 6.61 Å². The minimum Gasteiger partial charge on any atom is -0.394 e. The monoisotopic (exact) mass is 224 g/mol. The lowest BCUT2D eigenvalue weighted by molar-refractivity contribution is -0.365. The zero-order valence-corrected chi connectivity index (χ0v) is 8.28.